The van der Waals surface area contributed by atoms with Gasteiger partial charge in [0.15, 0.2) is 0 Å². The summed E-state index contributed by atoms with van der Waals surface area (Å²) in [6.45, 7) is 4.09. The van der Waals surface area contributed by atoms with E-state index in [2.05, 4.69) is 126 Å². The van der Waals surface area contributed by atoms with E-state index < -0.39 is 0 Å². The van der Waals surface area contributed by atoms with Crippen LogP contribution < -0.4 is 0 Å². The summed E-state index contributed by atoms with van der Waals surface area (Å²) < 4.78 is 0. The van der Waals surface area contributed by atoms with Gasteiger partial charge in [0.25, 0.3) is 0 Å². The zero-order valence-electron chi connectivity index (χ0n) is 18.8. The molecule has 4 heterocycles. The van der Waals surface area contributed by atoms with Crippen LogP contribution in [0.5, 0.6) is 0 Å². The molecule has 0 aromatic heterocycles. The first-order valence-electron chi connectivity index (χ1n) is 11.8. The molecular formula is C31H26N2. The lowest BCUT2D eigenvalue weighted by Crippen LogP contribution is -2.54. The third kappa shape index (κ3) is 2.55. The van der Waals surface area contributed by atoms with Crippen LogP contribution in [0.1, 0.15) is 35.2 Å². The molecule has 2 heteroatoms. The van der Waals surface area contributed by atoms with Gasteiger partial charge < -0.3 is 9.80 Å². The highest BCUT2D eigenvalue weighted by atomic mass is 15.3. The van der Waals surface area contributed by atoms with Gasteiger partial charge in [0.2, 0.25) is 0 Å². The minimum absolute atomic E-state index is 0.198. The van der Waals surface area contributed by atoms with Crippen molar-refractivity contribution in [1.29, 1.82) is 0 Å². The SMILES string of the molecule is CC1=CCN2C(=C1)c1cc(-c3ccccc3)ccc1[C@@]21CN2C=CC=CC2c2ccccc21. The van der Waals surface area contributed by atoms with Crippen LogP contribution in [0.15, 0.2) is 115 Å². The van der Waals surface area contributed by atoms with Gasteiger partial charge in [-0.3, -0.25) is 0 Å². The molecule has 1 unspecified atom stereocenters. The summed E-state index contributed by atoms with van der Waals surface area (Å²) >= 11 is 0. The summed E-state index contributed by atoms with van der Waals surface area (Å²) in [7, 11) is 0. The van der Waals surface area contributed by atoms with Crippen LogP contribution in [0, 0.1) is 0 Å². The van der Waals surface area contributed by atoms with Crippen molar-refractivity contribution in [3.8, 4) is 11.1 Å². The normalized spacial score (nSPS) is 24.1. The van der Waals surface area contributed by atoms with Gasteiger partial charge in [-0.15, -0.1) is 0 Å². The van der Waals surface area contributed by atoms with Gasteiger partial charge in [-0.1, -0.05) is 90.5 Å². The third-order valence-electron chi connectivity index (χ3n) is 7.74. The monoisotopic (exact) mass is 426 g/mol. The second-order valence-corrected chi connectivity index (χ2v) is 9.51. The average molecular weight is 427 g/mol. The number of benzene rings is 3. The third-order valence-corrected chi connectivity index (χ3v) is 7.74. The predicted molar refractivity (Wildman–Crippen MR) is 135 cm³/mol. The van der Waals surface area contributed by atoms with E-state index in [9.17, 15) is 0 Å². The minimum atomic E-state index is -0.198. The quantitative estimate of drug-likeness (QED) is 0.430. The number of allylic oxidation sites excluding steroid dienone is 4. The van der Waals surface area contributed by atoms with Crippen molar-refractivity contribution in [2.45, 2.75) is 18.5 Å². The molecule has 33 heavy (non-hydrogen) atoms. The fraction of sp³-hybridized carbons (Fsp3) is 0.161. The Hall–Kier alpha value is -3.78. The summed E-state index contributed by atoms with van der Waals surface area (Å²) in [4.78, 5) is 5.17. The highest BCUT2D eigenvalue weighted by Gasteiger charge is 2.53. The molecule has 3 aromatic rings. The van der Waals surface area contributed by atoms with Gasteiger partial charge in [-0.2, -0.15) is 0 Å². The van der Waals surface area contributed by atoms with Crippen LogP contribution in [0.25, 0.3) is 16.8 Å². The molecule has 4 aliphatic rings. The van der Waals surface area contributed by atoms with Crippen molar-refractivity contribution in [3.05, 3.63) is 137 Å². The first kappa shape index (κ1) is 18.8. The number of fused-ring (bicyclic) bond motifs is 9. The van der Waals surface area contributed by atoms with Gasteiger partial charge in [0, 0.05) is 24.0 Å². The first-order valence-corrected chi connectivity index (χ1v) is 11.8. The zero-order valence-corrected chi connectivity index (χ0v) is 18.8. The van der Waals surface area contributed by atoms with E-state index in [1.54, 1.807) is 0 Å². The molecule has 1 spiro atoms. The molecule has 160 valence electrons. The Balaban J connectivity index is 1.50. The van der Waals surface area contributed by atoms with Crippen LogP contribution in [0.4, 0.5) is 0 Å². The lowest BCUT2D eigenvalue weighted by molar-refractivity contribution is 0.136. The Morgan fingerprint density at radius 2 is 1.70 bits per heavy atom. The molecule has 3 aromatic carbocycles. The first-order chi connectivity index (χ1) is 16.3. The fourth-order valence-corrected chi connectivity index (χ4v) is 6.25. The molecule has 2 atom stereocenters. The van der Waals surface area contributed by atoms with Crippen LogP contribution >= 0.6 is 0 Å². The minimum Gasteiger partial charge on any atom is -0.364 e. The summed E-state index contributed by atoms with van der Waals surface area (Å²) in [6, 6.07) is 27.3. The Kier molecular flexibility index (Phi) is 3.90. The van der Waals surface area contributed by atoms with E-state index >= 15 is 0 Å². The number of hydrogen-bond donors (Lipinski definition) is 0. The molecule has 0 bridgehead atoms. The largest absolute Gasteiger partial charge is 0.364 e. The summed E-state index contributed by atoms with van der Waals surface area (Å²) in [5, 5.41) is 0. The second-order valence-electron chi connectivity index (χ2n) is 9.51. The zero-order chi connectivity index (χ0) is 22.0. The number of nitrogens with zero attached hydrogens (tertiary/aromatic N) is 2. The Morgan fingerprint density at radius 3 is 2.61 bits per heavy atom. The van der Waals surface area contributed by atoms with Gasteiger partial charge in [0.05, 0.1) is 12.6 Å². The molecule has 0 saturated carbocycles. The molecule has 0 aliphatic carbocycles. The smallest absolute Gasteiger partial charge is 0.109 e. The van der Waals surface area contributed by atoms with Crippen molar-refractivity contribution >= 4 is 5.70 Å². The van der Waals surface area contributed by atoms with Crippen molar-refractivity contribution in [3.63, 3.8) is 0 Å². The maximum Gasteiger partial charge on any atom is 0.109 e. The Morgan fingerprint density at radius 1 is 0.848 bits per heavy atom. The molecule has 4 aliphatic heterocycles. The van der Waals surface area contributed by atoms with Gasteiger partial charge in [-0.05, 0) is 53.0 Å². The van der Waals surface area contributed by atoms with Crippen molar-refractivity contribution in [2.24, 2.45) is 0 Å². The second kappa shape index (κ2) is 6.86. The van der Waals surface area contributed by atoms with Crippen molar-refractivity contribution < 1.29 is 0 Å². The van der Waals surface area contributed by atoms with Crippen molar-refractivity contribution in [2.75, 3.05) is 13.1 Å². The van der Waals surface area contributed by atoms with Gasteiger partial charge in [-0.25, -0.2) is 0 Å². The average Bonchev–Trinajstić information content (AvgIpc) is 3.13. The molecule has 0 fully saturated rings. The molecule has 0 saturated heterocycles. The molecule has 0 radical (unpaired) electrons. The summed E-state index contributed by atoms with van der Waals surface area (Å²) in [5.41, 5.74) is 10.7. The van der Waals surface area contributed by atoms with Crippen LogP contribution in [-0.4, -0.2) is 22.9 Å². The van der Waals surface area contributed by atoms with E-state index in [0.717, 1.165) is 13.1 Å². The maximum absolute atomic E-state index is 2.65. The fourth-order valence-electron chi connectivity index (χ4n) is 6.25. The Labute approximate surface area is 195 Å². The van der Waals surface area contributed by atoms with E-state index in [-0.39, 0.29) is 5.54 Å². The summed E-state index contributed by atoms with van der Waals surface area (Å²) in [5.74, 6) is 0. The van der Waals surface area contributed by atoms with Crippen LogP contribution in [-0.2, 0) is 5.54 Å². The standard InChI is InChI=1S/C31H26N2/c1-22-16-18-33-30(19-22)26-20-24(23-9-3-2-4-10-23)14-15-28(26)31(33)21-32-17-8-7-13-29(32)25-11-5-6-12-27(25)31/h2-17,19-20,29H,18,21H2,1H3/t29?,31-/m0/s1. The van der Waals surface area contributed by atoms with Crippen molar-refractivity contribution in [1.82, 2.24) is 9.80 Å². The number of rotatable bonds is 1. The molecule has 0 N–H and O–H groups in total. The van der Waals surface area contributed by atoms with E-state index in [0.29, 0.717) is 6.04 Å². The number of hydrogen-bond acceptors (Lipinski definition) is 2. The molecule has 7 rings (SSSR count). The molecular weight excluding hydrogens is 400 g/mol. The maximum atomic E-state index is 2.65. The molecule has 2 nitrogen and oxygen atoms in total. The van der Waals surface area contributed by atoms with Crippen LogP contribution in [0.2, 0.25) is 0 Å². The predicted octanol–water partition coefficient (Wildman–Crippen LogP) is 6.65. The Bertz CT molecular complexity index is 1390. The van der Waals surface area contributed by atoms with Gasteiger partial charge >= 0.3 is 0 Å². The van der Waals surface area contributed by atoms with Crippen LogP contribution in [0.3, 0.4) is 0 Å². The lowest BCUT2D eigenvalue weighted by atomic mass is 9.74. The molecule has 0 amide bonds. The van der Waals surface area contributed by atoms with Gasteiger partial charge in [0.1, 0.15) is 5.54 Å². The lowest BCUT2D eigenvalue weighted by Gasteiger charge is -2.51. The highest BCUT2D eigenvalue weighted by molar-refractivity contribution is 5.82. The highest BCUT2D eigenvalue weighted by Crippen LogP contribution is 2.56. The topological polar surface area (TPSA) is 6.48 Å². The summed E-state index contributed by atoms with van der Waals surface area (Å²) in [6.07, 6.45) is 13.7. The van der Waals surface area contributed by atoms with E-state index in [4.69, 9.17) is 0 Å². The van der Waals surface area contributed by atoms with E-state index in [1.165, 1.54) is 44.7 Å². The van der Waals surface area contributed by atoms with E-state index in [1.807, 2.05) is 0 Å².